The second-order valence-corrected chi connectivity index (χ2v) is 5.50. The van der Waals surface area contributed by atoms with E-state index in [1.807, 2.05) is 0 Å². The number of guanidine groups is 1. The molecular weight excluding hydrogens is 435 g/mol. The van der Waals surface area contributed by atoms with Crippen molar-refractivity contribution in [2.75, 3.05) is 26.8 Å². The lowest BCUT2D eigenvalue weighted by atomic mass is 10.2. The fourth-order valence-electron chi connectivity index (χ4n) is 2.07. The van der Waals surface area contributed by atoms with E-state index in [0.717, 1.165) is 37.5 Å². The summed E-state index contributed by atoms with van der Waals surface area (Å²) in [6.07, 6.45) is 4.38. The van der Waals surface area contributed by atoms with Gasteiger partial charge in [0.1, 0.15) is 0 Å². The molecule has 1 aromatic rings. The van der Waals surface area contributed by atoms with E-state index in [0.29, 0.717) is 13.2 Å². The molecule has 0 atom stereocenters. The Bertz CT molecular complexity index is 495. The van der Waals surface area contributed by atoms with Gasteiger partial charge in [-0.25, -0.2) is 4.99 Å². The second-order valence-electron chi connectivity index (χ2n) is 5.50. The van der Waals surface area contributed by atoms with Crippen LogP contribution in [-0.2, 0) is 11.3 Å². The Morgan fingerprint density at radius 2 is 1.80 bits per heavy atom. The van der Waals surface area contributed by atoms with Crippen LogP contribution in [0.5, 0.6) is 0 Å². The van der Waals surface area contributed by atoms with Crippen molar-refractivity contribution in [2.45, 2.75) is 39.2 Å². The number of hydrogen-bond donors (Lipinski definition) is 2. The number of unbranched alkanes of at least 4 members (excludes halogenated alkanes) is 2. The average molecular weight is 464 g/mol. The van der Waals surface area contributed by atoms with E-state index in [4.69, 9.17) is 4.74 Å². The van der Waals surface area contributed by atoms with E-state index in [1.54, 1.807) is 19.2 Å². The van der Waals surface area contributed by atoms with E-state index < -0.39 is 4.92 Å². The first kappa shape index (κ1) is 23.6. The van der Waals surface area contributed by atoms with Crippen LogP contribution in [0, 0.1) is 10.1 Å². The van der Waals surface area contributed by atoms with Crippen LogP contribution < -0.4 is 10.6 Å². The van der Waals surface area contributed by atoms with Crippen molar-refractivity contribution in [1.29, 1.82) is 0 Å². The highest BCUT2D eigenvalue weighted by Gasteiger charge is 2.04. The highest BCUT2D eigenvalue weighted by Crippen LogP contribution is 2.12. The van der Waals surface area contributed by atoms with Gasteiger partial charge in [-0.1, -0.05) is 31.9 Å². The molecule has 8 heteroatoms. The topological polar surface area (TPSA) is 88.8 Å². The van der Waals surface area contributed by atoms with Gasteiger partial charge in [-0.05, 0) is 18.4 Å². The Labute approximate surface area is 166 Å². The highest BCUT2D eigenvalue weighted by atomic mass is 127. The Balaban J connectivity index is 0.00000576. The molecule has 0 bridgehead atoms. The predicted molar refractivity (Wildman–Crippen MR) is 112 cm³/mol. The lowest BCUT2D eigenvalue weighted by Crippen LogP contribution is -2.38. The summed E-state index contributed by atoms with van der Waals surface area (Å²) in [5, 5.41) is 17.3. The van der Waals surface area contributed by atoms with Crippen LogP contribution in [0.15, 0.2) is 29.3 Å². The molecule has 0 saturated heterocycles. The van der Waals surface area contributed by atoms with E-state index in [2.05, 4.69) is 22.5 Å². The fourth-order valence-corrected chi connectivity index (χ4v) is 2.07. The third-order valence-corrected chi connectivity index (χ3v) is 3.46. The normalized spacial score (nSPS) is 10.9. The summed E-state index contributed by atoms with van der Waals surface area (Å²) in [7, 11) is 1.69. The highest BCUT2D eigenvalue weighted by molar-refractivity contribution is 14.0. The number of ether oxygens (including phenoxy) is 1. The molecule has 0 aliphatic carbocycles. The molecule has 0 amide bonds. The maximum absolute atomic E-state index is 10.7. The van der Waals surface area contributed by atoms with Gasteiger partial charge in [-0.3, -0.25) is 10.1 Å². The number of aliphatic imine (C=N–C) groups is 1. The first-order chi connectivity index (χ1) is 11.7. The SMILES string of the molecule is CCCCCNC(=NCc1ccc([N+](=O)[O-])cc1)NCCCOC.I. The van der Waals surface area contributed by atoms with Gasteiger partial charge >= 0.3 is 0 Å². The first-order valence-corrected chi connectivity index (χ1v) is 8.41. The number of benzene rings is 1. The summed E-state index contributed by atoms with van der Waals surface area (Å²) < 4.78 is 5.04. The molecule has 142 valence electrons. The Morgan fingerprint density at radius 3 is 2.36 bits per heavy atom. The number of methoxy groups -OCH3 is 1. The minimum Gasteiger partial charge on any atom is -0.385 e. The summed E-state index contributed by atoms with van der Waals surface area (Å²) in [4.78, 5) is 14.8. The van der Waals surface area contributed by atoms with Crippen molar-refractivity contribution < 1.29 is 9.66 Å². The van der Waals surface area contributed by atoms with Crippen LogP contribution in [0.25, 0.3) is 0 Å². The van der Waals surface area contributed by atoms with Gasteiger partial charge in [0.05, 0.1) is 11.5 Å². The molecule has 25 heavy (non-hydrogen) atoms. The zero-order valence-electron chi connectivity index (χ0n) is 15.0. The van der Waals surface area contributed by atoms with Crippen LogP contribution >= 0.6 is 24.0 Å². The minimum atomic E-state index is -0.398. The van der Waals surface area contributed by atoms with Gasteiger partial charge < -0.3 is 15.4 Å². The summed E-state index contributed by atoms with van der Waals surface area (Å²) >= 11 is 0. The lowest BCUT2D eigenvalue weighted by molar-refractivity contribution is -0.384. The maximum atomic E-state index is 10.7. The third kappa shape index (κ3) is 10.9. The van der Waals surface area contributed by atoms with Gasteiger partial charge in [-0.15, -0.1) is 24.0 Å². The molecule has 0 heterocycles. The van der Waals surface area contributed by atoms with Gasteiger partial charge in [0.25, 0.3) is 5.69 Å². The fraction of sp³-hybridized carbons (Fsp3) is 0.588. The minimum absolute atomic E-state index is 0. The standard InChI is InChI=1S/C17H28N4O3.HI/c1-3-4-5-11-18-17(19-12-6-13-24-2)20-14-15-7-9-16(10-8-15)21(22)23;/h7-10H,3-6,11-14H2,1-2H3,(H2,18,19,20);1H. The van der Waals surface area contributed by atoms with Gasteiger partial charge in [-0.2, -0.15) is 0 Å². The van der Waals surface area contributed by atoms with Crippen molar-refractivity contribution >= 4 is 35.6 Å². The molecule has 0 aromatic heterocycles. The van der Waals surface area contributed by atoms with E-state index in [1.165, 1.54) is 25.0 Å². The lowest BCUT2D eigenvalue weighted by Gasteiger charge is -2.12. The zero-order valence-corrected chi connectivity index (χ0v) is 17.3. The first-order valence-electron chi connectivity index (χ1n) is 8.41. The summed E-state index contributed by atoms with van der Waals surface area (Å²) in [5.41, 5.74) is 1.03. The van der Waals surface area contributed by atoms with Crippen LogP contribution in [0.3, 0.4) is 0 Å². The van der Waals surface area contributed by atoms with Crippen LogP contribution in [-0.4, -0.2) is 37.7 Å². The third-order valence-electron chi connectivity index (χ3n) is 3.46. The average Bonchev–Trinajstić information content (AvgIpc) is 2.59. The van der Waals surface area contributed by atoms with Crippen LogP contribution in [0.1, 0.15) is 38.2 Å². The Morgan fingerprint density at radius 1 is 1.16 bits per heavy atom. The number of non-ortho nitro benzene ring substituents is 1. The molecule has 0 aliphatic rings. The zero-order chi connectivity index (χ0) is 17.6. The molecule has 0 spiro atoms. The molecule has 0 unspecified atom stereocenters. The molecule has 0 saturated carbocycles. The number of nitro benzene ring substituents is 1. The maximum Gasteiger partial charge on any atom is 0.269 e. The quantitative estimate of drug-likeness (QED) is 0.131. The van der Waals surface area contributed by atoms with Crippen molar-refractivity contribution in [3.05, 3.63) is 39.9 Å². The summed E-state index contributed by atoms with van der Waals surface area (Å²) in [6.45, 7) is 5.02. The smallest absolute Gasteiger partial charge is 0.269 e. The Kier molecular flexibility index (Phi) is 14.0. The van der Waals surface area contributed by atoms with E-state index in [9.17, 15) is 10.1 Å². The van der Waals surface area contributed by atoms with Gasteiger partial charge in [0.2, 0.25) is 0 Å². The monoisotopic (exact) mass is 464 g/mol. The van der Waals surface area contributed by atoms with Crippen LogP contribution in [0.2, 0.25) is 0 Å². The van der Waals surface area contributed by atoms with Gasteiger partial charge in [0.15, 0.2) is 5.96 Å². The van der Waals surface area contributed by atoms with Crippen molar-refractivity contribution in [2.24, 2.45) is 4.99 Å². The number of nitrogens with one attached hydrogen (secondary N) is 2. The Hall–Kier alpha value is -1.42. The number of rotatable bonds is 11. The number of hydrogen-bond acceptors (Lipinski definition) is 4. The summed E-state index contributed by atoms with van der Waals surface area (Å²) in [6, 6.07) is 6.49. The van der Waals surface area contributed by atoms with Crippen LogP contribution in [0.4, 0.5) is 5.69 Å². The molecule has 0 aliphatic heterocycles. The molecule has 1 rings (SSSR count). The van der Waals surface area contributed by atoms with Crippen molar-refractivity contribution in [3.63, 3.8) is 0 Å². The van der Waals surface area contributed by atoms with Crippen molar-refractivity contribution in [3.8, 4) is 0 Å². The predicted octanol–water partition coefficient (Wildman–Crippen LogP) is 3.47. The molecule has 7 nitrogen and oxygen atoms in total. The van der Waals surface area contributed by atoms with E-state index in [-0.39, 0.29) is 29.7 Å². The largest absolute Gasteiger partial charge is 0.385 e. The molecule has 0 fully saturated rings. The molecular formula is C17H29IN4O3. The molecule has 2 N–H and O–H groups in total. The van der Waals surface area contributed by atoms with E-state index >= 15 is 0 Å². The second kappa shape index (κ2) is 14.9. The number of nitrogens with zero attached hydrogens (tertiary/aromatic N) is 2. The molecule has 0 radical (unpaired) electrons. The molecule has 1 aromatic carbocycles. The van der Waals surface area contributed by atoms with Gasteiger partial charge in [0, 0.05) is 38.9 Å². The number of halogens is 1. The summed E-state index contributed by atoms with van der Waals surface area (Å²) in [5.74, 6) is 0.764. The van der Waals surface area contributed by atoms with Crippen molar-refractivity contribution in [1.82, 2.24) is 10.6 Å². The number of nitro groups is 1.